The van der Waals surface area contributed by atoms with Gasteiger partial charge in [-0.15, -0.1) is 0 Å². The van der Waals surface area contributed by atoms with Crippen LogP contribution in [-0.2, 0) is 22.6 Å². The molecule has 4 nitrogen and oxygen atoms in total. The van der Waals surface area contributed by atoms with E-state index in [4.69, 9.17) is 13.9 Å². The summed E-state index contributed by atoms with van der Waals surface area (Å²) >= 11 is 0. The van der Waals surface area contributed by atoms with Gasteiger partial charge in [0.1, 0.15) is 12.4 Å². The van der Waals surface area contributed by atoms with E-state index < -0.39 is 0 Å². The fourth-order valence-electron chi connectivity index (χ4n) is 1.66. The maximum atomic E-state index is 5.54. The molecule has 1 heterocycles. The zero-order valence-electron chi connectivity index (χ0n) is 10.4. The average molecular weight is 239 g/mol. The second kappa shape index (κ2) is 6.79. The Balaban J connectivity index is 1.66. The monoisotopic (exact) mass is 239 g/mol. The van der Waals surface area contributed by atoms with E-state index in [1.807, 2.05) is 6.07 Å². The van der Waals surface area contributed by atoms with Gasteiger partial charge in [-0.05, 0) is 25.3 Å². The van der Waals surface area contributed by atoms with Crippen molar-refractivity contribution in [1.29, 1.82) is 0 Å². The molecule has 1 N–H and O–H groups in total. The molecule has 1 fully saturated rings. The minimum absolute atomic E-state index is 0.554. The first kappa shape index (κ1) is 12.6. The quantitative estimate of drug-likeness (QED) is 0.670. The molecule has 4 heteroatoms. The lowest BCUT2D eigenvalue weighted by Crippen LogP contribution is -2.15. The largest absolute Gasteiger partial charge is 0.467 e. The predicted octanol–water partition coefficient (Wildman–Crippen LogP) is 2.08. The molecule has 0 spiro atoms. The van der Waals surface area contributed by atoms with Crippen LogP contribution in [0.5, 0.6) is 0 Å². The molecule has 96 valence electrons. The molecule has 0 saturated heterocycles. The number of hydrogen-bond acceptors (Lipinski definition) is 4. The minimum atomic E-state index is 0.554. The van der Waals surface area contributed by atoms with Crippen LogP contribution in [-0.4, -0.2) is 26.4 Å². The summed E-state index contributed by atoms with van der Waals surface area (Å²) in [6.07, 6.45) is 5.27. The van der Waals surface area contributed by atoms with Gasteiger partial charge in [0.15, 0.2) is 0 Å². The molecule has 1 aromatic heterocycles. The van der Waals surface area contributed by atoms with Crippen molar-refractivity contribution in [1.82, 2.24) is 5.32 Å². The van der Waals surface area contributed by atoms with Crippen molar-refractivity contribution < 1.29 is 13.9 Å². The summed E-state index contributed by atoms with van der Waals surface area (Å²) in [6.45, 7) is 2.90. The minimum Gasteiger partial charge on any atom is -0.467 e. The fourth-order valence-corrected chi connectivity index (χ4v) is 1.66. The van der Waals surface area contributed by atoms with Crippen LogP contribution in [0.3, 0.4) is 0 Å². The third-order valence-electron chi connectivity index (χ3n) is 2.87. The zero-order valence-corrected chi connectivity index (χ0v) is 10.4. The Hall–Kier alpha value is -0.840. The van der Waals surface area contributed by atoms with E-state index in [-0.39, 0.29) is 0 Å². The lowest BCUT2D eigenvalue weighted by Gasteiger charge is -2.05. The van der Waals surface area contributed by atoms with Crippen LogP contribution in [0.4, 0.5) is 0 Å². The van der Waals surface area contributed by atoms with Gasteiger partial charge in [-0.3, -0.25) is 0 Å². The molecular formula is C13H21NO3. The normalized spacial score (nSPS) is 15.4. The lowest BCUT2D eigenvalue weighted by atomic mass is 10.2. The summed E-state index contributed by atoms with van der Waals surface area (Å²) in [5.41, 5.74) is 1.21. The topological polar surface area (TPSA) is 43.6 Å². The highest BCUT2D eigenvalue weighted by molar-refractivity contribution is 5.16. The van der Waals surface area contributed by atoms with Gasteiger partial charge in [0, 0.05) is 38.5 Å². The van der Waals surface area contributed by atoms with Crippen molar-refractivity contribution in [2.24, 2.45) is 0 Å². The Bertz CT molecular complexity index is 320. The Labute approximate surface area is 102 Å². The second-order valence-electron chi connectivity index (χ2n) is 4.42. The first-order chi connectivity index (χ1) is 8.40. The van der Waals surface area contributed by atoms with Gasteiger partial charge in [0.05, 0.1) is 6.26 Å². The predicted molar refractivity (Wildman–Crippen MR) is 64.7 cm³/mol. The third-order valence-corrected chi connectivity index (χ3v) is 2.87. The smallest absolute Gasteiger partial charge is 0.133 e. The van der Waals surface area contributed by atoms with E-state index in [1.54, 1.807) is 13.4 Å². The highest BCUT2D eigenvalue weighted by Gasteiger charge is 2.20. The Morgan fingerprint density at radius 2 is 2.29 bits per heavy atom. The van der Waals surface area contributed by atoms with Crippen molar-refractivity contribution in [3.8, 4) is 0 Å². The number of methoxy groups -OCH3 is 1. The Kier molecular flexibility index (Phi) is 5.04. The molecule has 1 aromatic rings. The van der Waals surface area contributed by atoms with E-state index in [0.717, 1.165) is 31.4 Å². The first-order valence-electron chi connectivity index (χ1n) is 6.25. The van der Waals surface area contributed by atoms with Crippen molar-refractivity contribution in [3.63, 3.8) is 0 Å². The maximum absolute atomic E-state index is 5.54. The van der Waals surface area contributed by atoms with Gasteiger partial charge in [-0.25, -0.2) is 0 Å². The molecular weight excluding hydrogens is 218 g/mol. The summed E-state index contributed by atoms with van der Waals surface area (Å²) in [6, 6.07) is 2.74. The SMILES string of the molecule is COCCCOCc1occc1CNC1CC1. The van der Waals surface area contributed by atoms with Crippen molar-refractivity contribution in [3.05, 3.63) is 23.7 Å². The van der Waals surface area contributed by atoms with E-state index in [0.29, 0.717) is 13.2 Å². The number of furan rings is 1. The van der Waals surface area contributed by atoms with Crippen LogP contribution >= 0.6 is 0 Å². The van der Waals surface area contributed by atoms with Crippen LogP contribution in [0, 0.1) is 0 Å². The van der Waals surface area contributed by atoms with Gasteiger partial charge in [0.25, 0.3) is 0 Å². The molecule has 0 atom stereocenters. The summed E-state index contributed by atoms with van der Waals surface area (Å²) in [4.78, 5) is 0. The van der Waals surface area contributed by atoms with Gasteiger partial charge < -0.3 is 19.2 Å². The van der Waals surface area contributed by atoms with Crippen LogP contribution in [0.1, 0.15) is 30.6 Å². The number of rotatable bonds is 9. The molecule has 1 saturated carbocycles. The van der Waals surface area contributed by atoms with E-state index >= 15 is 0 Å². The van der Waals surface area contributed by atoms with Gasteiger partial charge >= 0.3 is 0 Å². The molecule has 0 unspecified atom stereocenters. The lowest BCUT2D eigenvalue weighted by molar-refractivity contribution is 0.0821. The van der Waals surface area contributed by atoms with E-state index in [1.165, 1.54) is 18.4 Å². The number of nitrogens with one attached hydrogen (secondary N) is 1. The fraction of sp³-hybridized carbons (Fsp3) is 0.692. The Morgan fingerprint density at radius 1 is 1.41 bits per heavy atom. The zero-order chi connectivity index (χ0) is 11.9. The standard InChI is InChI=1S/C13H21NO3/c1-15-6-2-7-16-10-13-11(5-8-17-13)9-14-12-3-4-12/h5,8,12,14H,2-4,6-7,9-10H2,1H3. The number of ether oxygens (including phenoxy) is 2. The highest BCUT2D eigenvalue weighted by Crippen LogP contribution is 2.20. The van der Waals surface area contributed by atoms with Crippen molar-refractivity contribution in [2.45, 2.75) is 38.5 Å². The second-order valence-corrected chi connectivity index (χ2v) is 4.42. The summed E-state index contributed by atoms with van der Waals surface area (Å²) in [5, 5.41) is 3.47. The highest BCUT2D eigenvalue weighted by atomic mass is 16.5. The van der Waals surface area contributed by atoms with E-state index in [9.17, 15) is 0 Å². The van der Waals surface area contributed by atoms with Crippen LogP contribution in [0.15, 0.2) is 16.7 Å². The van der Waals surface area contributed by atoms with Gasteiger partial charge in [-0.1, -0.05) is 0 Å². The molecule has 2 rings (SSSR count). The summed E-state index contributed by atoms with van der Waals surface area (Å²) < 4.78 is 15.9. The maximum Gasteiger partial charge on any atom is 0.133 e. The average Bonchev–Trinajstić information content (AvgIpc) is 3.06. The van der Waals surface area contributed by atoms with Gasteiger partial charge in [0.2, 0.25) is 0 Å². The molecule has 0 aromatic carbocycles. The molecule has 17 heavy (non-hydrogen) atoms. The number of hydrogen-bond donors (Lipinski definition) is 1. The van der Waals surface area contributed by atoms with Gasteiger partial charge in [-0.2, -0.15) is 0 Å². The molecule has 0 amide bonds. The van der Waals surface area contributed by atoms with Crippen molar-refractivity contribution in [2.75, 3.05) is 20.3 Å². The van der Waals surface area contributed by atoms with E-state index in [2.05, 4.69) is 5.32 Å². The first-order valence-corrected chi connectivity index (χ1v) is 6.25. The summed E-state index contributed by atoms with van der Waals surface area (Å²) in [5.74, 6) is 0.940. The molecule has 1 aliphatic carbocycles. The van der Waals surface area contributed by atoms with Crippen LogP contribution < -0.4 is 5.32 Å². The van der Waals surface area contributed by atoms with Crippen LogP contribution in [0.2, 0.25) is 0 Å². The molecule has 0 bridgehead atoms. The third kappa shape index (κ3) is 4.50. The Morgan fingerprint density at radius 3 is 3.06 bits per heavy atom. The van der Waals surface area contributed by atoms with Crippen molar-refractivity contribution >= 4 is 0 Å². The van der Waals surface area contributed by atoms with Crippen LogP contribution in [0.25, 0.3) is 0 Å². The molecule has 0 radical (unpaired) electrons. The summed E-state index contributed by atoms with van der Waals surface area (Å²) in [7, 11) is 1.70. The molecule has 1 aliphatic rings. The molecule has 0 aliphatic heterocycles.